The molecule has 0 saturated heterocycles. The third-order valence-corrected chi connectivity index (χ3v) is 3.82. The molecule has 1 unspecified atom stereocenters. The number of aldehydes is 1. The fraction of sp³-hybridized carbons (Fsp3) is 0.188. The van der Waals surface area contributed by atoms with Gasteiger partial charge in [-0.3, -0.25) is 14.9 Å². The molecule has 1 atom stereocenters. The normalized spacial score (nSPS) is 16.6. The number of carbonyl (C=O) groups is 1. The van der Waals surface area contributed by atoms with E-state index < -0.39 is 4.92 Å². The minimum Gasteiger partial charge on any atom is -0.337 e. The van der Waals surface area contributed by atoms with Gasteiger partial charge in [-0.2, -0.15) is 0 Å². The van der Waals surface area contributed by atoms with Crippen LogP contribution in [-0.2, 0) is 6.42 Å². The third-order valence-electron chi connectivity index (χ3n) is 3.82. The fourth-order valence-electron chi connectivity index (χ4n) is 2.90. The van der Waals surface area contributed by atoms with Crippen LogP contribution in [0.1, 0.15) is 22.8 Å². The molecule has 0 spiro atoms. The number of rotatable bonds is 3. The second kappa shape index (κ2) is 5.01. The van der Waals surface area contributed by atoms with E-state index in [0.29, 0.717) is 17.5 Å². The summed E-state index contributed by atoms with van der Waals surface area (Å²) in [6, 6.07) is 12.7. The number of non-ortho nitro benzene ring substituents is 1. The average Bonchev–Trinajstić information content (AvgIpc) is 2.82. The van der Waals surface area contributed by atoms with E-state index in [0.717, 1.165) is 12.1 Å². The zero-order valence-corrected chi connectivity index (χ0v) is 11.5. The van der Waals surface area contributed by atoms with Crippen LogP contribution in [0.3, 0.4) is 0 Å². The maximum Gasteiger partial charge on any atom is 0.270 e. The van der Waals surface area contributed by atoms with E-state index in [1.165, 1.54) is 17.7 Å². The molecule has 1 aliphatic rings. The molecule has 2 aromatic carbocycles. The predicted molar refractivity (Wildman–Crippen MR) is 80.2 cm³/mol. The number of nitrogens with zero attached hydrogens (tertiary/aromatic N) is 2. The van der Waals surface area contributed by atoms with Gasteiger partial charge in [-0.25, -0.2) is 0 Å². The number of carbonyl (C=O) groups excluding carboxylic acids is 1. The molecule has 0 saturated carbocycles. The Kier molecular flexibility index (Phi) is 3.17. The number of nitro groups is 1. The maximum absolute atomic E-state index is 11.3. The van der Waals surface area contributed by atoms with Crippen LogP contribution in [0.15, 0.2) is 42.5 Å². The molecule has 106 valence electrons. The highest BCUT2D eigenvalue weighted by molar-refractivity contribution is 5.89. The molecule has 0 amide bonds. The fourth-order valence-corrected chi connectivity index (χ4v) is 2.90. The van der Waals surface area contributed by atoms with Crippen molar-refractivity contribution >= 4 is 23.3 Å². The monoisotopic (exact) mass is 282 g/mol. The minimum absolute atomic E-state index is 0.0685. The molecule has 5 heteroatoms. The summed E-state index contributed by atoms with van der Waals surface area (Å²) < 4.78 is 0. The lowest BCUT2D eigenvalue weighted by atomic mass is 10.1. The Bertz CT molecular complexity index is 727. The molecule has 3 rings (SSSR count). The number of anilines is 2. The maximum atomic E-state index is 11.3. The molecule has 2 aromatic rings. The van der Waals surface area contributed by atoms with Gasteiger partial charge in [0.15, 0.2) is 6.29 Å². The summed E-state index contributed by atoms with van der Waals surface area (Å²) in [6.45, 7) is 2.08. The van der Waals surface area contributed by atoms with Gasteiger partial charge in [-0.05, 0) is 31.0 Å². The van der Waals surface area contributed by atoms with E-state index in [9.17, 15) is 14.9 Å². The second-order valence-corrected chi connectivity index (χ2v) is 5.17. The number of nitro benzene ring substituents is 1. The lowest BCUT2D eigenvalue weighted by Crippen LogP contribution is -2.25. The van der Waals surface area contributed by atoms with Crippen LogP contribution in [-0.4, -0.2) is 17.3 Å². The average molecular weight is 282 g/mol. The molecule has 5 nitrogen and oxygen atoms in total. The van der Waals surface area contributed by atoms with Crippen molar-refractivity contribution in [2.45, 2.75) is 19.4 Å². The lowest BCUT2D eigenvalue weighted by molar-refractivity contribution is -0.384. The van der Waals surface area contributed by atoms with Gasteiger partial charge >= 0.3 is 0 Å². The van der Waals surface area contributed by atoms with Crippen LogP contribution >= 0.6 is 0 Å². The summed E-state index contributed by atoms with van der Waals surface area (Å²) in [4.78, 5) is 23.8. The van der Waals surface area contributed by atoms with E-state index in [2.05, 4.69) is 17.9 Å². The van der Waals surface area contributed by atoms with Crippen LogP contribution in [0.2, 0.25) is 0 Å². The molecular weight excluding hydrogens is 268 g/mol. The van der Waals surface area contributed by atoms with Gasteiger partial charge in [0.2, 0.25) is 0 Å². The van der Waals surface area contributed by atoms with E-state index in [1.54, 1.807) is 6.07 Å². The molecule has 0 radical (unpaired) electrons. The van der Waals surface area contributed by atoms with E-state index in [-0.39, 0.29) is 11.7 Å². The zero-order chi connectivity index (χ0) is 15.0. The lowest BCUT2D eigenvalue weighted by Gasteiger charge is -2.26. The third kappa shape index (κ3) is 2.16. The van der Waals surface area contributed by atoms with E-state index in [1.807, 2.05) is 18.2 Å². The van der Waals surface area contributed by atoms with Crippen molar-refractivity contribution in [1.29, 1.82) is 0 Å². The summed E-state index contributed by atoms with van der Waals surface area (Å²) in [5, 5.41) is 10.8. The Hall–Kier alpha value is -2.69. The number of hydrogen-bond acceptors (Lipinski definition) is 4. The Morgan fingerprint density at radius 1 is 1.24 bits per heavy atom. The van der Waals surface area contributed by atoms with Gasteiger partial charge in [-0.1, -0.05) is 18.2 Å². The van der Waals surface area contributed by atoms with E-state index >= 15 is 0 Å². The highest BCUT2D eigenvalue weighted by atomic mass is 16.6. The Morgan fingerprint density at radius 2 is 2.00 bits per heavy atom. The molecule has 0 N–H and O–H groups in total. The summed E-state index contributed by atoms with van der Waals surface area (Å²) in [5.41, 5.74) is 3.27. The van der Waals surface area contributed by atoms with Gasteiger partial charge in [0.25, 0.3) is 5.69 Å². The molecular formula is C16H14N2O3. The van der Waals surface area contributed by atoms with Gasteiger partial charge in [0.05, 0.1) is 10.6 Å². The first-order chi connectivity index (χ1) is 10.1. The van der Waals surface area contributed by atoms with Crippen molar-refractivity contribution in [3.05, 3.63) is 63.7 Å². The first-order valence-electron chi connectivity index (χ1n) is 6.72. The highest BCUT2D eigenvalue weighted by Gasteiger charge is 2.28. The summed E-state index contributed by atoms with van der Waals surface area (Å²) >= 11 is 0. The standard InChI is InChI=1S/C16H14N2O3/c1-11-8-12-4-2-3-5-15(12)17(11)16-7-6-14(18(20)21)9-13(16)10-19/h2-7,9-11H,8H2,1H3. The van der Waals surface area contributed by atoms with Gasteiger partial charge < -0.3 is 4.90 Å². The van der Waals surface area contributed by atoms with Gasteiger partial charge in [0.1, 0.15) is 0 Å². The molecule has 0 aliphatic carbocycles. The van der Waals surface area contributed by atoms with Crippen LogP contribution in [0.5, 0.6) is 0 Å². The number of benzene rings is 2. The Labute approximate surface area is 122 Å². The van der Waals surface area contributed by atoms with Crippen molar-refractivity contribution in [1.82, 2.24) is 0 Å². The molecule has 0 fully saturated rings. The number of para-hydroxylation sites is 1. The first kappa shape index (κ1) is 13.3. The van der Waals surface area contributed by atoms with Crippen molar-refractivity contribution in [3.8, 4) is 0 Å². The number of hydrogen-bond donors (Lipinski definition) is 0. The van der Waals surface area contributed by atoms with Crippen LogP contribution in [0, 0.1) is 10.1 Å². The SMILES string of the molecule is CC1Cc2ccccc2N1c1ccc([N+](=O)[O-])cc1C=O. The Balaban J connectivity index is 2.12. The molecule has 21 heavy (non-hydrogen) atoms. The second-order valence-electron chi connectivity index (χ2n) is 5.17. The molecule has 0 aromatic heterocycles. The summed E-state index contributed by atoms with van der Waals surface area (Å²) in [5.74, 6) is 0. The van der Waals surface area contributed by atoms with Crippen LogP contribution in [0.4, 0.5) is 17.1 Å². The smallest absolute Gasteiger partial charge is 0.270 e. The van der Waals surface area contributed by atoms with E-state index in [4.69, 9.17) is 0 Å². The van der Waals surface area contributed by atoms with Crippen LogP contribution in [0.25, 0.3) is 0 Å². The summed E-state index contributed by atoms with van der Waals surface area (Å²) in [6.07, 6.45) is 1.57. The summed E-state index contributed by atoms with van der Waals surface area (Å²) in [7, 11) is 0. The Morgan fingerprint density at radius 3 is 2.71 bits per heavy atom. The van der Waals surface area contributed by atoms with Crippen molar-refractivity contribution in [2.75, 3.05) is 4.90 Å². The highest BCUT2D eigenvalue weighted by Crippen LogP contribution is 2.39. The van der Waals surface area contributed by atoms with Gasteiger partial charge in [0, 0.05) is 29.4 Å². The predicted octanol–water partition coefficient (Wildman–Crippen LogP) is 3.49. The number of fused-ring (bicyclic) bond motifs is 1. The molecule has 0 bridgehead atoms. The zero-order valence-electron chi connectivity index (χ0n) is 11.5. The minimum atomic E-state index is -0.488. The molecule has 1 aliphatic heterocycles. The van der Waals surface area contributed by atoms with Crippen molar-refractivity contribution < 1.29 is 9.72 Å². The quantitative estimate of drug-likeness (QED) is 0.491. The first-order valence-corrected chi connectivity index (χ1v) is 6.72. The van der Waals surface area contributed by atoms with Gasteiger partial charge in [-0.15, -0.1) is 0 Å². The van der Waals surface area contributed by atoms with Crippen molar-refractivity contribution in [3.63, 3.8) is 0 Å². The topological polar surface area (TPSA) is 63.4 Å². The van der Waals surface area contributed by atoms with Crippen LogP contribution < -0.4 is 4.90 Å². The largest absolute Gasteiger partial charge is 0.337 e. The van der Waals surface area contributed by atoms with Crippen molar-refractivity contribution in [2.24, 2.45) is 0 Å². The molecule has 1 heterocycles.